The number of aromatic nitrogens is 2. The number of thiophene rings is 1. The van der Waals surface area contributed by atoms with Crippen LogP contribution in [0.3, 0.4) is 0 Å². The highest BCUT2D eigenvalue weighted by Crippen LogP contribution is 2.41. The molecule has 0 unspecified atom stereocenters. The number of hydrogen-bond donors (Lipinski definition) is 0. The molecule has 1 atom stereocenters. The summed E-state index contributed by atoms with van der Waals surface area (Å²) in [5.41, 5.74) is 1.25. The van der Waals surface area contributed by atoms with Crippen molar-refractivity contribution in [1.82, 2.24) is 9.97 Å². The summed E-state index contributed by atoms with van der Waals surface area (Å²) < 4.78 is 9.45. The van der Waals surface area contributed by atoms with Crippen LogP contribution in [0.25, 0.3) is 10.2 Å². The molecule has 128 valence electrons. The van der Waals surface area contributed by atoms with Gasteiger partial charge in [-0.05, 0) is 30.7 Å². The summed E-state index contributed by atoms with van der Waals surface area (Å²) in [4.78, 5) is 34.8. The van der Waals surface area contributed by atoms with Gasteiger partial charge in [-0.25, -0.2) is 9.97 Å². The number of carbonyl (C=O) groups excluding carboxylic acids is 2. The summed E-state index contributed by atoms with van der Waals surface area (Å²) in [5, 5.41) is 0.510. The maximum absolute atomic E-state index is 11.9. The largest absolute Gasteiger partial charge is 0.468 e. The van der Waals surface area contributed by atoms with E-state index in [4.69, 9.17) is 9.47 Å². The van der Waals surface area contributed by atoms with Crippen molar-refractivity contribution in [3.8, 4) is 0 Å². The van der Waals surface area contributed by atoms with Gasteiger partial charge in [-0.1, -0.05) is 18.7 Å². The molecular weight excluding hydrogens is 348 g/mol. The lowest BCUT2D eigenvalue weighted by Crippen LogP contribution is -2.29. The zero-order valence-electron chi connectivity index (χ0n) is 13.7. The van der Waals surface area contributed by atoms with Gasteiger partial charge in [0.05, 0.1) is 14.2 Å². The Hall–Kier alpha value is -1.67. The normalized spacial score (nSPS) is 16.9. The third kappa shape index (κ3) is 3.12. The molecule has 0 saturated heterocycles. The van der Waals surface area contributed by atoms with Crippen molar-refractivity contribution in [2.24, 2.45) is 5.92 Å². The lowest BCUT2D eigenvalue weighted by atomic mass is 9.89. The van der Waals surface area contributed by atoms with Crippen LogP contribution < -0.4 is 0 Å². The van der Waals surface area contributed by atoms with E-state index in [0.29, 0.717) is 10.9 Å². The van der Waals surface area contributed by atoms with Gasteiger partial charge in [-0.15, -0.1) is 11.3 Å². The summed E-state index contributed by atoms with van der Waals surface area (Å²) in [6.07, 6.45) is 4.60. The minimum absolute atomic E-state index is 0.632. The first kappa shape index (κ1) is 17.2. The van der Waals surface area contributed by atoms with Crippen molar-refractivity contribution in [2.75, 3.05) is 14.2 Å². The maximum Gasteiger partial charge on any atom is 0.330 e. The summed E-state index contributed by atoms with van der Waals surface area (Å²) in [7, 11) is 2.50. The third-order valence-corrected chi connectivity index (χ3v) is 6.43. The Bertz CT molecular complexity index is 774. The minimum Gasteiger partial charge on any atom is -0.468 e. The van der Waals surface area contributed by atoms with E-state index >= 15 is 0 Å². The van der Waals surface area contributed by atoms with E-state index in [1.165, 1.54) is 31.0 Å². The van der Waals surface area contributed by atoms with E-state index in [9.17, 15) is 9.59 Å². The Kier molecular flexibility index (Phi) is 5.05. The van der Waals surface area contributed by atoms with Crippen LogP contribution in [0.1, 0.15) is 23.8 Å². The lowest BCUT2D eigenvalue weighted by molar-refractivity contribution is -0.150. The molecule has 3 rings (SSSR count). The molecule has 0 aromatic carbocycles. The Balaban J connectivity index is 2.03. The van der Waals surface area contributed by atoms with Crippen LogP contribution in [0.2, 0.25) is 0 Å². The lowest BCUT2D eigenvalue weighted by Gasteiger charge is -2.18. The fourth-order valence-corrected chi connectivity index (χ4v) is 5.32. The molecule has 0 radical (unpaired) electrons. The topological polar surface area (TPSA) is 78.4 Å². The van der Waals surface area contributed by atoms with Gasteiger partial charge in [0.2, 0.25) is 5.25 Å². The zero-order valence-corrected chi connectivity index (χ0v) is 15.3. The average Bonchev–Trinajstić information content (AvgIpc) is 2.96. The van der Waals surface area contributed by atoms with Crippen molar-refractivity contribution in [2.45, 2.75) is 36.5 Å². The van der Waals surface area contributed by atoms with E-state index in [1.807, 2.05) is 0 Å². The second-order valence-corrected chi connectivity index (χ2v) is 7.93. The van der Waals surface area contributed by atoms with Crippen LogP contribution in [0.15, 0.2) is 11.4 Å². The molecule has 2 heterocycles. The van der Waals surface area contributed by atoms with Crippen LogP contribution in [0.4, 0.5) is 0 Å². The van der Waals surface area contributed by atoms with Gasteiger partial charge >= 0.3 is 11.9 Å². The second kappa shape index (κ2) is 7.06. The van der Waals surface area contributed by atoms with Gasteiger partial charge in [0.15, 0.2) is 0 Å². The first-order valence-electron chi connectivity index (χ1n) is 7.62. The average molecular weight is 366 g/mol. The molecule has 2 aromatic heterocycles. The molecule has 0 fully saturated rings. The van der Waals surface area contributed by atoms with E-state index in [1.54, 1.807) is 11.3 Å². The van der Waals surface area contributed by atoms with Crippen LogP contribution in [-0.4, -0.2) is 41.4 Å². The molecule has 1 aliphatic rings. The first-order valence-corrected chi connectivity index (χ1v) is 9.32. The van der Waals surface area contributed by atoms with Crippen molar-refractivity contribution in [1.29, 1.82) is 0 Å². The highest BCUT2D eigenvalue weighted by Gasteiger charge is 2.32. The fourth-order valence-electron chi connectivity index (χ4n) is 2.85. The van der Waals surface area contributed by atoms with E-state index in [-0.39, 0.29) is 0 Å². The van der Waals surface area contributed by atoms with Crippen LogP contribution in [-0.2, 0) is 31.9 Å². The monoisotopic (exact) mass is 366 g/mol. The predicted octanol–water partition coefficient (Wildman–Crippen LogP) is 2.62. The summed E-state index contributed by atoms with van der Waals surface area (Å²) in [5.74, 6) is -0.625. The molecule has 0 saturated carbocycles. The molecule has 0 bridgehead atoms. The number of carbonyl (C=O) groups is 2. The minimum atomic E-state index is -1.09. The number of ether oxygens (including phenoxy) is 2. The summed E-state index contributed by atoms with van der Waals surface area (Å²) in [6, 6.07) is 0. The van der Waals surface area contributed by atoms with Crippen molar-refractivity contribution in [3.05, 3.63) is 16.8 Å². The van der Waals surface area contributed by atoms with Crippen LogP contribution >= 0.6 is 23.1 Å². The first-order chi connectivity index (χ1) is 11.5. The highest BCUT2D eigenvalue weighted by molar-refractivity contribution is 8.01. The van der Waals surface area contributed by atoms with Crippen molar-refractivity contribution in [3.63, 3.8) is 0 Å². The van der Waals surface area contributed by atoms with Gasteiger partial charge in [0, 0.05) is 10.3 Å². The van der Waals surface area contributed by atoms with E-state index in [2.05, 4.69) is 16.9 Å². The number of fused-ring (bicyclic) bond motifs is 3. The SMILES string of the molecule is COC(=O)C(Sc1ncnc2sc3c(c12)CC[C@@H](C)C3)C(=O)OC. The number of esters is 2. The van der Waals surface area contributed by atoms with Gasteiger partial charge in [-0.3, -0.25) is 9.59 Å². The number of rotatable bonds is 4. The Labute approximate surface area is 148 Å². The predicted molar refractivity (Wildman–Crippen MR) is 92.3 cm³/mol. The summed E-state index contributed by atoms with van der Waals surface area (Å²) in [6.45, 7) is 2.25. The summed E-state index contributed by atoms with van der Waals surface area (Å²) >= 11 is 2.74. The standard InChI is InChI=1S/C16H18N2O4S2/c1-8-4-5-9-10(6-8)23-13-11(9)14(18-7-17-13)24-12(15(19)21-2)16(20)22-3/h7-8,12H,4-6H2,1-3H3/t8-/m1/s1. The molecule has 1 aliphatic carbocycles. The van der Waals surface area contributed by atoms with Crippen LogP contribution in [0, 0.1) is 5.92 Å². The molecule has 0 aliphatic heterocycles. The highest BCUT2D eigenvalue weighted by atomic mass is 32.2. The molecule has 0 amide bonds. The Morgan fingerprint density at radius 1 is 1.29 bits per heavy atom. The Morgan fingerprint density at radius 2 is 2.00 bits per heavy atom. The number of hydrogen-bond acceptors (Lipinski definition) is 8. The molecular formula is C16H18N2O4S2. The smallest absolute Gasteiger partial charge is 0.330 e. The van der Waals surface area contributed by atoms with Crippen LogP contribution in [0.5, 0.6) is 0 Å². The molecule has 2 aromatic rings. The van der Waals surface area contributed by atoms with Gasteiger partial charge < -0.3 is 9.47 Å². The number of aryl methyl sites for hydroxylation is 1. The van der Waals surface area contributed by atoms with Gasteiger partial charge in [0.25, 0.3) is 0 Å². The van der Waals surface area contributed by atoms with E-state index < -0.39 is 17.2 Å². The molecule has 8 heteroatoms. The molecule has 24 heavy (non-hydrogen) atoms. The zero-order chi connectivity index (χ0) is 17.3. The quantitative estimate of drug-likeness (QED) is 0.356. The van der Waals surface area contributed by atoms with Crippen molar-refractivity contribution < 1.29 is 19.1 Å². The van der Waals surface area contributed by atoms with E-state index in [0.717, 1.165) is 41.2 Å². The number of thioether (sulfide) groups is 1. The van der Waals surface area contributed by atoms with Gasteiger partial charge in [-0.2, -0.15) is 0 Å². The maximum atomic E-state index is 11.9. The second-order valence-electron chi connectivity index (χ2n) is 5.75. The Morgan fingerprint density at radius 3 is 2.67 bits per heavy atom. The number of nitrogens with zero attached hydrogens (tertiary/aromatic N) is 2. The molecule has 0 N–H and O–H groups in total. The molecule has 0 spiro atoms. The number of methoxy groups -OCH3 is 2. The van der Waals surface area contributed by atoms with Crippen molar-refractivity contribution >= 4 is 45.3 Å². The molecule has 6 nitrogen and oxygen atoms in total. The third-order valence-electron chi connectivity index (χ3n) is 4.12. The fraction of sp³-hybridized carbons (Fsp3) is 0.500. The van der Waals surface area contributed by atoms with Gasteiger partial charge in [0.1, 0.15) is 16.2 Å².